The van der Waals surface area contributed by atoms with E-state index in [1.807, 2.05) is 13.1 Å². The van der Waals surface area contributed by atoms with Crippen molar-refractivity contribution in [1.29, 1.82) is 0 Å². The number of amides is 2. The Morgan fingerprint density at radius 2 is 2.14 bits per heavy atom. The molecule has 2 aliphatic heterocycles. The van der Waals surface area contributed by atoms with E-state index in [1.165, 1.54) is 19.3 Å². The van der Waals surface area contributed by atoms with E-state index in [9.17, 15) is 9.59 Å². The number of rotatable bonds is 2. The minimum absolute atomic E-state index is 0.0157. The molecule has 6 nitrogen and oxygen atoms in total. The molecule has 0 aromatic heterocycles. The van der Waals surface area contributed by atoms with Crippen molar-refractivity contribution in [2.24, 2.45) is 5.92 Å². The lowest BCUT2D eigenvalue weighted by molar-refractivity contribution is -0.125. The predicted octanol–water partition coefficient (Wildman–Crippen LogP) is 0.620. The van der Waals surface area contributed by atoms with Gasteiger partial charge in [-0.25, -0.2) is 5.43 Å². The van der Waals surface area contributed by atoms with Gasteiger partial charge in [-0.05, 0) is 25.7 Å². The van der Waals surface area contributed by atoms with E-state index in [1.54, 1.807) is 5.01 Å². The first-order valence-electron chi connectivity index (χ1n) is 7.89. The first kappa shape index (κ1) is 14.4. The molecule has 116 valence electrons. The molecule has 21 heavy (non-hydrogen) atoms. The topological polar surface area (TPSA) is 73.5 Å². The second-order valence-electron chi connectivity index (χ2n) is 6.52. The van der Waals surface area contributed by atoms with Crippen LogP contribution in [0, 0.1) is 5.92 Å². The van der Waals surface area contributed by atoms with Crippen LogP contribution in [0.3, 0.4) is 0 Å². The molecular formula is C15H24N4O2. The van der Waals surface area contributed by atoms with Gasteiger partial charge >= 0.3 is 0 Å². The van der Waals surface area contributed by atoms with Gasteiger partial charge < -0.3 is 15.6 Å². The van der Waals surface area contributed by atoms with Crippen molar-refractivity contribution in [1.82, 2.24) is 21.1 Å². The van der Waals surface area contributed by atoms with Crippen molar-refractivity contribution in [2.75, 3.05) is 0 Å². The lowest BCUT2D eigenvalue weighted by atomic mass is 9.86. The SMILES string of the molecule is CC1=CN2NC(C(=O)NC3CCCCC3C)CC2C(=O)N1. The van der Waals surface area contributed by atoms with Gasteiger partial charge in [-0.15, -0.1) is 0 Å². The first-order valence-corrected chi connectivity index (χ1v) is 7.89. The Morgan fingerprint density at radius 1 is 1.38 bits per heavy atom. The largest absolute Gasteiger partial charge is 0.352 e. The van der Waals surface area contributed by atoms with Crippen LogP contribution in [0.5, 0.6) is 0 Å². The highest BCUT2D eigenvalue weighted by Crippen LogP contribution is 2.25. The van der Waals surface area contributed by atoms with E-state index in [0.29, 0.717) is 12.3 Å². The van der Waals surface area contributed by atoms with Crippen LogP contribution in [0.15, 0.2) is 11.9 Å². The van der Waals surface area contributed by atoms with E-state index in [2.05, 4.69) is 23.0 Å². The Morgan fingerprint density at radius 3 is 2.90 bits per heavy atom. The summed E-state index contributed by atoms with van der Waals surface area (Å²) in [5, 5.41) is 7.74. The lowest BCUT2D eigenvalue weighted by Crippen LogP contribution is -2.50. The number of hydrazine groups is 1. The molecule has 0 aromatic rings. The smallest absolute Gasteiger partial charge is 0.248 e. The van der Waals surface area contributed by atoms with E-state index < -0.39 is 0 Å². The second-order valence-corrected chi connectivity index (χ2v) is 6.52. The van der Waals surface area contributed by atoms with Gasteiger partial charge in [0, 0.05) is 24.4 Å². The minimum Gasteiger partial charge on any atom is -0.352 e. The highest BCUT2D eigenvalue weighted by atomic mass is 16.2. The van der Waals surface area contributed by atoms with Crippen LogP contribution in [0.4, 0.5) is 0 Å². The van der Waals surface area contributed by atoms with Gasteiger partial charge in [-0.1, -0.05) is 19.8 Å². The summed E-state index contributed by atoms with van der Waals surface area (Å²) in [5.74, 6) is 0.517. The summed E-state index contributed by atoms with van der Waals surface area (Å²) < 4.78 is 0. The quantitative estimate of drug-likeness (QED) is 0.697. The molecule has 0 spiro atoms. The number of fused-ring (bicyclic) bond motifs is 1. The van der Waals surface area contributed by atoms with Gasteiger partial charge in [0.2, 0.25) is 11.8 Å². The highest BCUT2D eigenvalue weighted by Gasteiger charge is 2.41. The Balaban J connectivity index is 1.61. The molecule has 4 atom stereocenters. The zero-order chi connectivity index (χ0) is 15.0. The van der Waals surface area contributed by atoms with Crippen LogP contribution in [0.2, 0.25) is 0 Å². The average Bonchev–Trinajstić information content (AvgIpc) is 2.85. The van der Waals surface area contributed by atoms with Gasteiger partial charge in [-0.3, -0.25) is 9.59 Å². The molecule has 0 bridgehead atoms. The number of allylic oxidation sites excluding steroid dienone is 1. The van der Waals surface area contributed by atoms with Crippen molar-refractivity contribution >= 4 is 11.8 Å². The molecular weight excluding hydrogens is 268 g/mol. The van der Waals surface area contributed by atoms with Crippen LogP contribution in [0.1, 0.15) is 46.0 Å². The fraction of sp³-hybridized carbons (Fsp3) is 0.733. The van der Waals surface area contributed by atoms with E-state index in [-0.39, 0.29) is 29.9 Å². The van der Waals surface area contributed by atoms with Gasteiger partial charge in [-0.2, -0.15) is 0 Å². The number of nitrogens with one attached hydrogen (secondary N) is 3. The summed E-state index contributed by atoms with van der Waals surface area (Å²) in [7, 11) is 0. The maximum atomic E-state index is 12.4. The minimum atomic E-state index is -0.322. The molecule has 1 saturated carbocycles. The Bertz CT molecular complexity index is 476. The number of nitrogens with zero attached hydrogens (tertiary/aromatic N) is 1. The molecule has 3 rings (SSSR count). The van der Waals surface area contributed by atoms with Crippen LogP contribution < -0.4 is 16.1 Å². The van der Waals surface area contributed by atoms with Crippen LogP contribution in [-0.4, -0.2) is 34.9 Å². The average molecular weight is 292 g/mol. The molecule has 6 heteroatoms. The van der Waals surface area contributed by atoms with Crippen LogP contribution >= 0.6 is 0 Å². The zero-order valence-corrected chi connectivity index (χ0v) is 12.7. The highest BCUT2D eigenvalue weighted by molar-refractivity contribution is 5.88. The molecule has 0 radical (unpaired) electrons. The Kier molecular flexibility index (Phi) is 3.89. The predicted molar refractivity (Wildman–Crippen MR) is 78.6 cm³/mol. The lowest BCUT2D eigenvalue weighted by Gasteiger charge is -2.30. The molecule has 4 unspecified atom stereocenters. The maximum absolute atomic E-state index is 12.4. The molecule has 3 aliphatic rings. The summed E-state index contributed by atoms with van der Waals surface area (Å²) in [6.45, 7) is 4.04. The standard InChI is InChI=1S/C15H24N4O2/c1-9-5-3-4-6-11(9)17-14(20)12-7-13-15(21)16-10(2)8-19(13)18-12/h8-9,11-13,18H,3-7H2,1-2H3,(H,16,21)(H,17,20). The second kappa shape index (κ2) is 5.67. The van der Waals surface area contributed by atoms with Crippen LogP contribution in [0.25, 0.3) is 0 Å². The first-order chi connectivity index (χ1) is 10.0. The summed E-state index contributed by atoms with van der Waals surface area (Å²) in [4.78, 5) is 24.4. The molecule has 1 aliphatic carbocycles. The monoisotopic (exact) mass is 292 g/mol. The van der Waals surface area contributed by atoms with E-state index in [4.69, 9.17) is 0 Å². The number of hydrogen-bond acceptors (Lipinski definition) is 4. The molecule has 3 N–H and O–H groups in total. The summed E-state index contributed by atoms with van der Waals surface area (Å²) in [6, 6.07) is -0.331. The number of hydrogen-bond donors (Lipinski definition) is 3. The van der Waals surface area contributed by atoms with Crippen molar-refractivity contribution < 1.29 is 9.59 Å². The zero-order valence-electron chi connectivity index (χ0n) is 12.7. The van der Waals surface area contributed by atoms with Crippen molar-refractivity contribution in [2.45, 2.75) is 64.1 Å². The molecule has 2 heterocycles. The van der Waals surface area contributed by atoms with E-state index in [0.717, 1.165) is 12.1 Å². The normalized spacial score (nSPS) is 35.8. The van der Waals surface area contributed by atoms with Gasteiger partial charge in [0.05, 0.1) is 0 Å². The Hall–Kier alpha value is -1.56. The third-order valence-electron chi connectivity index (χ3n) is 4.81. The summed E-state index contributed by atoms with van der Waals surface area (Å²) in [6.07, 6.45) is 7.06. The molecule has 2 amide bonds. The van der Waals surface area contributed by atoms with E-state index >= 15 is 0 Å². The van der Waals surface area contributed by atoms with Gasteiger partial charge in [0.25, 0.3) is 0 Å². The fourth-order valence-electron chi connectivity index (χ4n) is 3.52. The maximum Gasteiger partial charge on any atom is 0.248 e. The molecule has 0 aromatic carbocycles. The molecule has 2 fully saturated rings. The van der Waals surface area contributed by atoms with Gasteiger partial charge in [0.15, 0.2) is 0 Å². The number of carbonyl (C=O) groups is 2. The van der Waals surface area contributed by atoms with Crippen LogP contribution in [-0.2, 0) is 9.59 Å². The van der Waals surface area contributed by atoms with Gasteiger partial charge in [0.1, 0.15) is 12.1 Å². The van der Waals surface area contributed by atoms with Crippen molar-refractivity contribution in [3.05, 3.63) is 11.9 Å². The summed E-state index contributed by atoms with van der Waals surface area (Å²) in [5.41, 5.74) is 3.94. The third-order valence-corrected chi connectivity index (χ3v) is 4.81. The van der Waals surface area contributed by atoms with Crippen molar-refractivity contribution in [3.63, 3.8) is 0 Å². The van der Waals surface area contributed by atoms with Crippen molar-refractivity contribution in [3.8, 4) is 0 Å². The number of carbonyl (C=O) groups excluding carboxylic acids is 2. The fourth-order valence-corrected chi connectivity index (χ4v) is 3.52. The Labute approximate surface area is 125 Å². The summed E-state index contributed by atoms with van der Waals surface area (Å²) >= 11 is 0. The third kappa shape index (κ3) is 2.90. The molecule has 1 saturated heterocycles.